The molecule has 0 radical (unpaired) electrons. The van der Waals surface area contributed by atoms with Gasteiger partial charge in [0.2, 0.25) is 0 Å². The van der Waals surface area contributed by atoms with Crippen molar-refractivity contribution < 1.29 is 4.42 Å². The molecule has 32 heavy (non-hydrogen) atoms. The Hall–Kier alpha value is -4.04. The Labute approximate surface area is 188 Å². The van der Waals surface area contributed by atoms with E-state index in [1.54, 1.807) is 0 Å². The molecule has 1 heterocycles. The molecular weight excluding hydrogens is 390 g/mol. The lowest BCUT2D eigenvalue weighted by Crippen LogP contribution is -1.95. The van der Waals surface area contributed by atoms with Gasteiger partial charge in [-0.15, -0.1) is 0 Å². The van der Waals surface area contributed by atoms with Crippen LogP contribution in [0.5, 0.6) is 0 Å². The molecule has 1 N–H and O–H groups in total. The van der Waals surface area contributed by atoms with E-state index in [2.05, 4.69) is 102 Å². The number of hydrogen-bond donors (Lipinski definition) is 1. The van der Waals surface area contributed by atoms with Crippen LogP contribution >= 0.6 is 0 Å². The average Bonchev–Trinajstić information content (AvgIpc) is 3.22. The first-order valence-corrected chi connectivity index (χ1v) is 11.0. The predicted octanol–water partition coefficient (Wildman–Crippen LogP) is 8.67. The third-order valence-corrected chi connectivity index (χ3v) is 5.67. The van der Waals surface area contributed by atoms with Gasteiger partial charge in [0, 0.05) is 27.7 Å². The standard InChI is InChI=1S/C30H25NO/c1-2-3-4-5-11-23-12-6-8-16-28(23)31-24-20-18-22(19-21-24)25-14-10-15-27-26-13-7-9-17-29(26)32-30(25)27/h2-10,12-21,31H,11H2,1H3/b3-2-,5-4-. The van der Waals surface area contributed by atoms with Crippen LogP contribution in [0.4, 0.5) is 11.4 Å². The summed E-state index contributed by atoms with van der Waals surface area (Å²) >= 11 is 0. The van der Waals surface area contributed by atoms with E-state index < -0.39 is 0 Å². The van der Waals surface area contributed by atoms with Gasteiger partial charge in [-0.25, -0.2) is 0 Å². The summed E-state index contributed by atoms with van der Waals surface area (Å²) in [7, 11) is 0. The van der Waals surface area contributed by atoms with Crippen molar-refractivity contribution in [3.63, 3.8) is 0 Å². The summed E-state index contributed by atoms with van der Waals surface area (Å²) < 4.78 is 6.21. The maximum absolute atomic E-state index is 6.21. The summed E-state index contributed by atoms with van der Waals surface area (Å²) in [6, 6.07) is 31.6. The molecule has 0 fully saturated rings. The van der Waals surface area contributed by atoms with Crippen LogP contribution in [0, 0.1) is 0 Å². The van der Waals surface area contributed by atoms with Crippen LogP contribution in [0.2, 0.25) is 0 Å². The zero-order chi connectivity index (χ0) is 21.8. The van der Waals surface area contributed by atoms with E-state index in [0.717, 1.165) is 50.9 Å². The molecule has 0 atom stereocenters. The topological polar surface area (TPSA) is 25.2 Å². The number of furan rings is 1. The summed E-state index contributed by atoms with van der Waals surface area (Å²) in [5.74, 6) is 0. The maximum atomic E-state index is 6.21. The molecule has 1 aromatic heterocycles. The largest absolute Gasteiger partial charge is 0.455 e. The third-order valence-electron chi connectivity index (χ3n) is 5.67. The lowest BCUT2D eigenvalue weighted by molar-refractivity contribution is 0.670. The van der Waals surface area contributed by atoms with Gasteiger partial charge in [-0.2, -0.15) is 0 Å². The van der Waals surface area contributed by atoms with E-state index in [-0.39, 0.29) is 0 Å². The summed E-state index contributed by atoms with van der Waals surface area (Å²) in [6.45, 7) is 2.03. The molecule has 5 rings (SSSR count). The Bertz CT molecular complexity index is 1420. The van der Waals surface area contributed by atoms with E-state index in [0.29, 0.717) is 0 Å². The number of benzene rings is 4. The Morgan fingerprint density at radius 2 is 1.53 bits per heavy atom. The van der Waals surface area contributed by atoms with Crippen molar-refractivity contribution in [2.45, 2.75) is 13.3 Å². The molecule has 0 aliphatic rings. The lowest BCUT2D eigenvalue weighted by atomic mass is 10.0. The van der Waals surface area contributed by atoms with Gasteiger partial charge >= 0.3 is 0 Å². The van der Waals surface area contributed by atoms with E-state index in [4.69, 9.17) is 4.42 Å². The maximum Gasteiger partial charge on any atom is 0.143 e. The number of nitrogens with one attached hydrogen (secondary N) is 1. The summed E-state index contributed by atoms with van der Waals surface area (Å²) in [6.07, 6.45) is 9.24. The molecule has 0 aliphatic heterocycles. The van der Waals surface area contributed by atoms with Crippen molar-refractivity contribution in [1.82, 2.24) is 0 Å². The zero-order valence-corrected chi connectivity index (χ0v) is 18.1. The van der Waals surface area contributed by atoms with Crippen molar-refractivity contribution in [2.75, 3.05) is 5.32 Å². The molecule has 0 saturated heterocycles. The monoisotopic (exact) mass is 415 g/mol. The fraction of sp³-hybridized carbons (Fsp3) is 0.0667. The smallest absolute Gasteiger partial charge is 0.143 e. The number of anilines is 2. The number of allylic oxidation sites excluding steroid dienone is 4. The van der Waals surface area contributed by atoms with Crippen molar-refractivity contribution in [3.05, 3.63) is 121 Å². The van der Waals surface area contributed by atoms with Crippen LogP contribution in [0.3, 0.4) is 0 Å². The Morgan fingerprint density at radius 3 is 2.41 bits per heavy atom. The molecule has 0 saturated carbocycles. The van der Waals surface area contributed by atoms with Crippen molar-refractivity contribution >= 4 is 33.3 Å². The van der Waals surface area contributed by atoms with Gasteiger partial charge < -0.3 is 9.73 Å². The minimum absolute atomic E-state index is 0.889. The van der Waals surface area contributed by atoms with E-state index in [1.165, 1.54) is 5.56 Å². The van der Waals surface area contributed by atoms with Crippen LogP contribution in [-0.4, -0.2) is 0 Å². The van der Waals surface area contributed by atoms with Crippen LogP contribution in [0.15, 0.2) is 120 Å². The first kappa shape index (κ1) is 19.9. The van der Waals surface area contributed by atoms with E-state index in [9.17, 15) is 0 Å². The van der Waals surface area contributed by atoms with Gasteiger partial charge in [-0.3, -0.25) is 0 Å². The molecule has 0 spiro atoms. The number of fused-ring (bicyclic) bond motifs is 3. The van der Waals surface area contributed by atoms with Crippen molar-refractivity contribution in [2.24, 2.45) is 0 Å². The van der Waals surface area contributed by atoms with Gasteiger partial charge in [0.05, 0.1) is 0 Å². The average molecular weight is 416 g/mol. The fourth-order valence-corrected chi connectivity index (χ4v) is 4.07. The summed E-state index contributed by atoms with van der Waals surface area (Å²) in [5, 5.41) is 5.88. The van der Waals surface area contributed by atoms with Crippen LogP contribution in [0.25, 0.3) is 33.1 Å². The van der Waals surface area contributed by atoms with Crippen molar-refractivity contribution in [1.29, 1.82) is 0 Å². The highest BCUT2D eigenvalue weighted by Gasteiger charge is 2.11. The number of para-hydroxylation sites is 3. The first-order chi connectivity index (χ1) is 15.8. The normalized spacial score (nSPS) is 11.8. The molecule has 2 heteroatoms. The molecule has 156 valence electrons. The Balaban J connectivity index is 1.42. The van der Waals surface area contributed by atoms with Gasteiger partial charge in [-0.05, 0) is 48.7 Å². The predicted molar refractivity (Wildman–Crippen MR) is 137 cm³/mol. The van der Waals surface area contributed by atoms with Gasteiger partial charge in [0.25, 0.3) is 0 Å². The molecule has 4 aromatic carbocycles. The van der Waals surface area contributed by atoms with Crippen molar-refractivity contribution in [3.8, 4) is 11.1 Å². The SMILES string of the molecule is C/C=C\C=C/Cc1ccccc1Nc1ccc(-c2cccc3c2oc2ccccc23)cc1. The highest BCUT2D eigenvalue weighted by Crippen LogP contribution is 2.36. The van der Waals surface area contributed by atoms with Crippen LogP contribution in [0.1, 0.15) is 12.5 Å². The second kappa shape index (κ2) is 8.99. The van der Waals surface area contributed by atoms with Gasteiger partial charge in [0.15, 0.2) is 0 Å². The lowest BCUT2D eigenvalue weighted by Gasteiger charge is -2.12. The summed E-state index contributed by atoms with van der Waals surface area (Å²) in [5.41, 5.74) is 7.58. The van der Waals surface area contributed by atoms with Crippen LogP contribution < -0.4 is 5.32 Å². The second-order valence-corrected chi connectivity index (χ2v) is 7.80. The van der Waals surface area contributed by atoms with E-state index in [1.807, 2.05) is 25.1 Å². The van der Waals surface area contributed by atoms with E-state index >= 15 is 0 Å². The summed E-state index contributed by atoms with van der Waals surface area (Å²) in [4.78, 5) is 0. The molecule has 2 nitrogen and oxygen atoms in total. The number of rotatable bonds is 6. The highest BCUT2D eigenvalue weighted by molar-refractivity contribution is 6.09. The van der Waals surface area contributed by atoms with Gasteiger partial charge in [-0.1, -0.05) is 91.0 Å². The molecule has 5 aromatic rings. The second-order valence-electron chi connectivity index (χ2n) is 7.80. The molecule has 0 amide bonds. The minimum Gasteiger partial charge on any atom is -0.455 e. The Kier molecular flexibility index (Phi) is 5.59. The zero-order valence-electron chi connectivity index (χ0n) is 18.1. The quantitative estimate of drug-likeness (QED) is 0.281. The van der Waals surface area contributed by atoms with Crippen LogP contribution in [-0.2, 0) is 6.42 Å². The Morgan fingerprint density at radius 1 is 0.750 bits per heavy atom. The third kappa shape index (κ3) is 3.95. The molecule has 0 unspecified atom stereocenters. The fourth-order valence-electron chi connectivity index (χ4n) is 4.07. The molecule has 0 bridgehead atoms. The molecule has 0 aliphatic carbocycles. The van der Waals surface area contributed by atoms with Gasteiger partial charge in [0.1, 0.15) is 11.2 Å². The minimum atomic E-state index is 0.889. The molecular formula is C30H25NO. The number of hydrogen-bond acceptors (Lipinski definition) is 2. The highest BCUT2D eigenvalue weighted by atomic mass is 16.3. The first-order valence-electron chi connectivity index (χ1n) is 11.0.